The van der Waals surface area contributed by atoms with E-state index in [1.165, 1.54) is 6.42 Å². The van der Waals surface area contributed by atoms with Gasteiger partial charge in [-0.05, 0) is 19.3 Å². The summed E-state index contributed by atoms with van der Waals surface area (Å²) in [5.74, 6) is 0. The molecule has 0 N–H and O–H groups in total. The monoisotopic (exact) mass is 239 g/mol. The summed E-state index contributed by atoms with van der Waals surface area (Å²) in [6.07, 6.45) is 3.26. The van der Waals surface area contributed by atoms with E-state index in [1.807, 2.05) is 4.90 Å². The highest BCUT2D eigenvalue weighted by atomic mass is 35.5. The maximum Gasteiger partial charge on any atom is 0.359 e. The fraction of sp³-hybridized carbons (Fsp3) is 0.500. The van der Waals surface area contributed by atoms with E-state index in [4.69, 9.17) is 21.3 Å². The standard InChI is InChI=1S/C10H10ClN3O2/c11-8-7(6-12)9(15)16-10(13-8)14-4-2-1-3-5-14/h1-5H2. The van der Waals surface area contributed by atoms with Crippen LogP contribution in [0.3, 0.4) is 0 Å². The number of halogens is 1. The van der Waals surface area contributed by atoms with E-state index in [0.717, 1.165) is 25.9 Å². The van der Waals surface area contributed by atoms with Crippen molar-refractivity contribution in [2.24, 2.45) is 0 Å². The van der Waals surface area contributed by atoms with E-state index >= 15 is 0 Å². The molecule has 1 aliphatic rings. The van der Waals surface area contributed by atoms with E-state index in [9.17, 15) is 4.79 Å². The first-order valence-corrected chi connectivity index (χ1v) is 5.46. The molecule has 0 unspecified atom stereocenters. The van der Waals surface area contributed by atoms with Gasteiger partial charge in [0.1, 0.15) is 6.07 Å². The van der Waals surface area contributed by atoms with Crippen LogP contribution in [0.5, 0.6) is 0 Å². The fourth-order valence-corrected chi connectivity index (χ4v) is 1.88. The number of nitriles is 1. The van der Waals surface area contributed by atoms with Gasteiger partial charge < -0.3 is 9.32 Å². The summed E-state index contributed by atoms with van der Waals surface area (Å²) < 4.78 is 4.97. The van der Waals surface area contributed by atoms with Crippen LogP contribution in [0.2, 0.25) is 5.15 Å². The molecule has 0 aromatic carbocycles. The third-order valence-corrected chi connectivity index (χ3v) is 2.80. The Hall–Kier alpha value is -1.54. The molecule has 0 amide bonds. The lowest BCUT2D eigenvalue weighted by atomic mass is 10.1. The summed E-state index contributed by atoms with van der Waals surface area (Å²) in [6.45, 7) is 1.61. The van der Waals surface area contributed by atoms with Crippen LogP contribution in [0, 0.1) is 11.3 Å². The van der Waals surface area contributed by atoms with Gasteiger partial charge in [0.25, 0.3) is 0 Å². The van der Waals surface area contributed by atoms with Gasteiger partial charge >= 0.3 is 11.6 Å². The fourth-order valence-electron chi connectivity index (χ4n) is 1.69. The average Bonchev–Trinajstić information content (AvgIpc) is 2.30. The van der Waals surface area contributed by atoms with E-state index in [2.05, 4.69) is 4.98 Å². The molecule has 0 radical (unpaired) electrons. The number of anilines is 1. The molecule has 1 saturated heterocycles. The Bertz CT molecular complexity index is 486. The highest BCUT2D eigenvalue weighted by molar-refractivity contribution is 6.30. The molecule has 1 aromatic heterocycles. The zero-order valence-corrected chi connectivity index (χ0v) is 9.33. The Morgan fingerprint density at radius 1 is 1.38 bits per heavy atom. The first-order chi connectivity index (χ1) is 7.72. The summed E-state index contributed by atoms with van der Waals surface area (Å²) >= 11 is 5.73. The van der Waals surface area contributed by atoms with Gasteiger partial charge in [-0.25, -0.2) is 4.79 Å². The molecule has 16 heavy (non-hydrogen) atoms. The summed E-state index contributed by atoms with van der Waals surface area (Å²) in [5.41, 5.74) is -0.953. The van der Waals surface area contributed by atoms with Crippen LogP contribution in [0.25, 0.3) is 0 Å². The van der Waals surface area contributed by atoms with E-state index < -0.39 is 5.63 Å². The van der Waals surface area contributed by atoms with Gasteiger partial charge in [0.05, 0.1) is 0 Å². The molecule has 0 bridgehead atoms. The molecule has 0 aliphatic carbocycles. The highest BCUT2D eigenvalue weighted by Gasteiger charge is 2.18. The molecule has 1 aliphatic heterocycles. The summed E-state index contributed by atoms with van der Waals surface area (Å²) in [6, 6.07) is 1.89. The zero-order valence-electron chi connectivity index (χ0n) is 8.57. The molecule has 0 spiro atoms. The van der Waals surface area contributed by atoms with Crippen molar-refractivity contribution in [3.8, 4) is 6.07 Å². The Labute approximate surface area is 97.3 Å². The summed E-state index contributed by atoms with van der Waals surface area (Å²) in [4.78, 5) is 17.2. The topological polar surface area (TPSA) is 70.1 Å². The van der Waals surface area contributed by atoms with Crippen molar-refractivity contribution in [1.82, 2.24) is 4.98 Å². The second kappa shape index (κ2) is 4.54. The molecule has 2 rings (SSSR count). The predicted octanol–water partition coefficient (Wildman–Crippen LogP) is 1.55. The Morgan fingerprint density at radius 2 is 2.06 bits per heavy atom. The maximum atomic E-state index is 11.4. The lowest BCUT2D eigenvalue weighted by Gasteiger charge is -2.25. The Balaban J connectivity index is 2.36. The minimum atomic E-state index is -0.719. The van der Waals surface area contributed by atoms with E-state index in [-0.39, 0.29) is 16.7 Å². The van der Waals surface area contributed by atoms with Crippen molar-refractivity contribution in [3.05, 3.63) is 21.1 Å². The minimum absolute atomic E-state index is 0.0840. The molecule has 1 fully saturated rings. The van der Waals surface area contributed by atoms with Crippen LogP contribution >= 0.6 is 11.6 Å². The number of nitrogens with zero attached hydrogens (tertiary/aromatic N) is 3. The van der Waals surface area contributed by atoms with Gasteiger partial charge in [-0.2, -0.15) is 10.2 Å². The van der Waals surface area contributed by atoms with Crippen LogP contribution in [-0.4, -0.2) is 18.1 Å². The van der Waals surface area contributed by atoms with E-state index in [1.54, 1.807) is 6.07 Å². The van der Waals surface area contributed by atoms with Gasteiger partial charge in [-0.3, -0.25) is 0 Å². The molecule has 6 heteroatoms. The van der Waals surface area contributed by atoms with Gasteiger partial charge in [0.15, 0.2) is 10.7 Å². The third-order valence-electron chi connectivity index (χ3n) is 2.53. The summed E-state index contributed by atoms with van der Waals surface area (Å²) in [5, 5.41) is 8.57. The van der Waals surface area contributed by atoms with E-state index in [0.29, 0.717) is 0 Å². The quantitative estimate of drug-likeness (QED) is 0.744. The number of hydrogen-bond acceptors (Lipinski definition) is 5. The lowest BCUT2D eigenvalue weighted by Crippen LogP contribution is -2.31. The molecule has 1 aromatic rings. The summed E-state index contributed by atoms with van der Waals surface area (Å²) in [7, 11) is 0. The average molecular weight is 240 g/mol. The third kappa shape index (κ3) is 2.02. The Morgan fingerprint density at radius 3 is 2.62 bits per heavy atom. The van der Waals surface area contributed by atoms with Crippen molar-refractivity contribution in [2.75, 3.05) is 18.0 Å². The highest BCUT2D eigenvalue weighted by Crippen LogP contribution is 2.19. The second-order valence-electron chi connectivity index (χ2n) is 3.61. The SMILES string of the molecule is N#Cc1c(Cl)nc(N2CCCCC2)oc1=O. The smallest absolute Gasteiger partial charge is 0.359 e. The first kappa shape index (κ1) is 11.0. The number of aromatic nitrogens is 1. The minimum Gasteiger partial charge on any atom is -0.388 e. The van der Waals surface area contributed by atoms with Gasteiger partial charge in [-0.1, -0.05) is 11.6 Å². The molecule has 0 atom stereocenters. The molecular weight excluding hydrogens is 230 g/mol. The molecule has 84 valence electrons. The van der Waals surface area contributed by atoms with Crippen molar-refractivity contribution in [1.29, 1.82) is 5.26 Å². The second-order valence-corrected chi connectivity index (χ2v) is 3.97. The van der Waals surface area contributed by atoms with Crippen molar-refractivity contribution in [2.45, 2.75) is 19.3 Å². The van der Waals surface area contributed by atoms with Crippen molar-refractivity contribution < 1.29 is 4.42 Å². The molecule has 2 heterocycles. The predicted molar refractivity (Wildman–Crippen MR) is 58.6 cm³/mol. The maximum absolute atomic E-state index is 11.4. The van der Waals surface area contributed by atoms with Crippen LogP contribution in [0.4, 0.5) is 6.01 Å². The van der Waals surface area contributed by atoms with Crippen molar-refractivity contribution >= 4 is 17.6 Å². The number of rotatable bonds is 1. The van der Waals surface area contributed by atoms with Crippen LogP contribution in [0.15, 0.2) is 9.21 Å². The zero-order chi connectivity index (χ0) is 11.5. The number of hydrogen-bond donors (Lipinski definition) is 0. The van der Waals surface area contributed by atoms with Crippen LogP contribution in [0.1, 0.15) is 24.8 Å². The normalized spacial score (nSPS) is 15.9. The first-order valence-electron chi connectivity index (χ1n) is 5.08. The number of piperidine rings is 1. The van der Waals surface area contributed by atoms with Crippen LogP contribution < -0.4 is 10.5 Å². The van der Waals surface area contributed by atoms with Crippen molar-refractivity contribution in [3.63, 3.8) is 0 Å². The molecule has 0 saturated carbocycles. The van der Waals surface area contributed by atoms with Gasteiger partial charge in [-0.15, -0.1) is 0 Å². The van der Waals surface area contributed by atoms with Gasteiger partial charge in [0.2, 0.25) is 0 Å². The van der Waals surface area contributed by atoms with Gasteiger partial charge in [0, 0.05) is 13.1 Å². The lowest BCUT2D eigenvalue weighted by molar-refractivity contribution is 0.451. The Kier molecular flexibility index (Phi) is 3.11. The molecular formula is C10H10ClN3O2. The largest absolute Gasteiger partial charge is 0.388 e. The molecule has 5 nitrogen and oxygen atoms in total. The van der Waals surface area contributed by atoms with Crippen LogP contribution in [-0.2, 0) is 0 Å².